The zero-order valence-electron chi connectivity index (χ0n) is 20.6. The summed E-state index contributed by atoms with van der Waals surface area (Å²) >= 11 is 0. The summed E-state index contributed by atoms with van der Waals surface area (Å²) in [5.74, 6) is 0.634. The van der Waals surface area contributed by atoms with Gasteiger partial charge < -0.3 is 15.0 Å². The Hall–Kier alpha value is -3.90. The Morgan fingerprint density at radius 1 is 1.00 bits per heavy atom. The quantitative estimate of drug-likeness (QED) is 0.508. The van der Waals surface area contributed by atoms with Crippen LogP contribution in [0.2, 0.25) is 0 Å². The maximum atomic E-state index is 13.4. The molecule has 2 N–H and O–H groups in total. The van der Waals surface area contributed by atoms with Crippen LogP contribution in [0.25, 0.3) is 6.08 Å². The molecule has 2 aliphatic rings. The molecule has 3 aromatic rings. The van der Waals surface area contributed by atoms with Crippen LogP contribution in [0.15, 0.2) is 78.6 Å². The van der Waals surface area contributed by atoms with Gasteiger partial charge in [0.2, 0.25) is 0 Å². The van der Waals surface area contributed by atoms with Gasteiger partial charge in [-0.2, -0.15) is 0 Å². The first-order chi connectivity index (χ1) is 17.6. The minimum atomic E-state index is -0.194. The smallest absolute Gasteiger partial charge is 0.294 e. The molecule has 0 unspecified atom stereocenters. The van der Waals surface area contributed by atoms with Gasteiger partial charge >= 0.3 is 0 Å². The summed E-state index contributed by atoms with van der Waals surface area (Å²) in [6.07, 6.45) is 4.29. The number of benzene rings is 3. The Labute approximate surface area is 212 Å². The largest absolute Gasteiger partial charge is 0.449 e. The first kappa shape index (κ1) is 23.8. The minimum absolute atomic E-state index is 0.0732. The Kier molecular flexibility index (Phi) is 7.14. The van der Waals surface area contributed by atoms with Crippen molar-refractivity contribution in [3.63, 3.8) is 0 Å². The van der Waals surface area contributed by atoms with Crippen molar-refractivity contribution in [1.82, 2.24) is 5.32 Å². The maximum absolute atomic E-state index is 13.4. The highest BCUT2D eigenvalue weighted by molar-refractivity contribution is 6.09. The Bertz CT molecular complexity index is 1260. The number of carbonyl (C=O) groups is 2. The molecule has 2 heterocycles. The predicted molar refractivity (Wildman–Crippen MR) is 141 cm³/mol. The molecule has 0 spiro atoms. The van der Waals surface area contributed by atoms with Crippen LogP contribution in [-0.2, 0) is 11.3 Å². The molecule has 184 valence electrons. The maximum Gasteiger partial charge on any atom is 0.294 e. The van der Waals surface area contributed by atoms with Crippen molar-refractivity contribution >= 4 is 23.6 Å². The SMILES string of the molecule is Cc1ccc(CN2C(=O)C(=Cc3ccc(C(=O)NCC[NH+]4CCCC4)cc3)Oc3ccccc32)cc1. The standard InChI is InChI=1S/C30H31N3O3/c1-22-8-10-24(11-9-22)21-33-26-6-2-3-7-27(26)36-28(30(33)35)20-23-12-14-25(15-13-23)29(34)31-16-19-32-17-4-5-18-32/h2-3,6-15,20H,4-5,16-19,21H2,1H3,(H,31,34)/p+1. The molecule has 0 aliphatic carbocycles. The number of nitrogens with zero attached hydrogens (tertiary/aromatic N) is 1. The fourth-order valence-corrected chi connectivity index (χ4v) is 4.76. The molecular weight excluding hydrogens is 450 g/mol. The van der Waals surface area contributed by atoms with Gasteiger partial charge in [-0.25, -0.2) is 0 Å². The molecule has 0 saturated carbocycles. The molecule has 2 aliphatic heterocycles. The summed E-state index contributed by atoms with van der Waals surface area (Å²) in [6.45, 7) is 6.55. The zero-order chi connectivity index (χ0) is 24.9. The Balaban J connectivity index is 1.29. The molecule has 6 nitrogen and oxygen atoms in total. The second-order valence-electron chi connectivity index (χ2n) is 9.54. The van der Waals surface area contributed by atoms with E-state index in [0.717, 1.165) is 23.4 Å². The van der Waals surface area contributed by atoms with Crippen molar-refractivity contribution < 1.29 is 19.2 Å². The molecule has 0 bridgehead atoms. The average Bonchev–Trinajstić information content (AvgIpc) is 3.42. The lowest BCUT2D eigenvalue weighted by molar-refractivity contribution is -0.886. The van der Waals surface area contributed by atoms with Crippen LogP contribution in [0.5, 0.6) is 5.75 Å². The van der Waals surface area contributed by atoms with E-state index in [0.29, 0.717) is 24.4 Å². The van der Waals surface area contributed by atoms with E-state index in [1.165, 1.54) is 31.5 Å². The lowest BCUT2D eigenvalue weighted by Crippen LogP contribution is -3.10. The van der Waals surface area contributed by atoms with Crippen LogP contribution in [0.4, 0.5) is 5.69 Å². The van der Waals surface area contributed by atoms with Crippen molar-refractivity contribution in [3.05, 3.63) is 101 Å². The van der Waals surface area contributed by atoms with E-state index < -0.39 is 0 Å². The number of carbonyl (C=O) groups excluding carboxylic acids is 2. The summed E-state index contributed by atoms with van der Waals surface area (Å²) in [7, 11) is 0. The predicted octanol–water partition coefficient (Wildman–Crippen LogP) is 3.37. The van der Waals surface area contributed by atoms with E-state index in [1.54, 1.807) is 28.0 Å². The highest BCUT2D eigenvalue weighted by Crippen LogP contribution is 2.36. The lowest BCUT2D eigenvalue weighted by atomic mass is 10.1. The third-order valence-electron chi connectivity index (χ3n) is 6.84. The molecular formula is C30H32N3O3+. The molecule has 0 radical (unpaired) electrons. The van der Waals surface area contributed by atoms with Crippen molar-refractivity contribution in [2.45, 2.75) is 26.3 Å². The first-order valence-corrected chi connectivity index (χ1v) is 12.6. The van der Waals surface area contributed by atoms with E-state index in [2.05, 4.69) is 5.32 Å². The van der Waals surface area contributed by atoms with Crippen LogP contribution in [0.3, 0.4) is 0 Å². The van der Waals surface area contributed by atoms with E-state index in [1.807, 2.05) is 67.6 Å². The molecule has 6 heteroatoms. The normalized spacial score (nSPS) is 16.6. The second-order valence-corrected chi connectivity index (χ2v) is 9.54. The molecule has 1 fully saturated rings. The number of quaternary nitrogens is 1. The van der Waals surface area contributed by atoms with E-state index >= 15 is 0 Å². The summed E-state index contributed by atoms with van der Waals surface area (Å²) in [4.78, 5) is 29.3. The molecule has 0 atom stereocenters. The van der Waals surface area contributed by atoms with Gasteiger partial charge in [0.05, 0.1) is 38.4 Å². The summed E-state index contributed by atoms with van der Waals surface area (Å²) in [5, 5.41) is 3.02. The Morgan fingerprint density at radius 3 is 2.47 bits per heavy atom. The molecule has 36 heavy (non-hydrogen) atoms. The summed E-state index contributed by atoms with van der Waals surface area (Å²) in [6, 6.07) is 23.0. The van der Waals surface area contributed by atoms with Gasteiger partial charge in [0, 0.05) is 18.4 Å². The van der Waals surface area contributed by atoms with Gasteiger partial charge in [-0.3, -0.25) is 14.5 Å². The van der Waals surface area contributed by atoms with E-state index in [4.69, 9.17) is 4.74 Å². The molecule has 2 amide bonds. The van der Waals surface area contributed by atoms with Crippen molar-refractivity contribution in [3.8, 4) is 5.75 Å². The fraction of sp³-hybridized carbons (Fsp3) is 0.267. The van der Waals surface area contributed by atoms with Gasteiger partial charge in [0.25, 0.3) is 11.8 Å². The highest BCUT2D eigenvalue weighted by Gasteiger charge is 2.30. The third-order valence-corrected chi connectivity index (χ3v) is 6.84. The number of fused-ring (bicyclic) bond motifs is 1. The number of anilines is 1. The zero-order valence-corrected chi connectivity index (χ0v) is 20.6. The highest BCUT2D eigenvalue weighted by atomic mass is 16.5. The van der Waals surface area contributed by atoms with E-state index in [-0.39, 0.29) is 17.6 Å². The van der Waals surface area contributed by atoms with Crippen molar-refractivity contribution in [2.24, 2.45) is 0 Å². The second kappa shape index (κ2) is 10.8. The summed E-state index contributed by atoms with van der Waals surface area (Å²) in [5.41, 5.74) is 4.38. The molecule has 3 aromatic carbocycles. The number of likely N-dealkylation sites (tertiary alicyclic amines) is 1. The Morgan fingerprint density at radius 2 is 1.72 bits per heavy atom. The number of nitrogens with one attached hydrogen (secondary N) is 2. The molecule has 1 saturated heterocycles. The number of hydrogen-bond acceptors (Lipinski definition) is 3. The van der Waals surface area contributed by atoms with Crippen molar-refractivity contribution in [1.29, 1.82) is 0 Å². The number of rotatable bonds is 7. The van der Waals surface area contributed by atoms with Crippen LogP contribution in [0, 0.1) is 6.92 Å². The lowest BCUT2D eigenvalue weighted by Gasteiger charge is -2.30. The molecule has 5 rings (SSSR count). The van der Waals surface area contributed by atoms with Crippen molar-refractivity contribution in [2.75, 3.05) is 31.1 Å². The number of hydrogen-bond donors (Lipinski definition) is 2. The van der Waals surface area contributed by atoms with E-state index in [9.17, 15) is 9.59 Å². The average molecular weight is 483 g/mol. The van der Waals surface area contributed by atoms with Crippen LogP contribution in [-0.4, -0.2) is 38.0 Å². The third kappa shape index (κ3) is 5.50. The number of aryl methyl sites for hydroxylation is 1. The van der Waals surface area contributed by atoms with Gasteiger partial charge in [0.1, 0.15) is 0 Å². The van der Waals surface area contributed by atoms with Crippen LogP contribution in [0.1, 0.15) is 39.9 Å². The number of para-hydroxylation sites is 2. The summed E-state index contributed by atoms with van der Waals surface area (Å²) < 4.78 is 6.00. The van der Waals surface area contributed by atoms with Crippen LogP contribution < -0.4 is 19.9 Å². The number of ether oxygens (including phenoxy) is 1. The van der Waals surface area contributed by atoms with Gasteiger partial charge in [-0.15, -0.1) is 0 Å². The van der Waals surface area contributed by atoms with Gasteiger partial charge in [-0.1, -0.05) is 54.1 Å². The monoisotopic (exact) mass is 482 g/mol. The fourth-order valence-electron chi connectivity index (χ4n) is 4.76. The minimum Gasteiger partial charge on any atom is -0.449 e. The topological polar surface area (TPSA) is 63.1 Å². The molecule has 0 aromatic heterocycles. The van der Waals surface area contributed by atoms with Crippen LogP contribution >= 0.6 is 0 Å². The van der Waals surface area contributed by atoms with Gasteiger partial charge in [0.15, 0.2) is 11.5 Å². The van der Waals surface area contributed by atoms with Gasteiger partial charge in [-0.05, 0) is 48.4 Å². The first-order valence-electron chi connectivity index (χ1n) is 12.6. The number of amides is 2.